The van der Waals surface area contributed by atoms with Gasteiger partial charge in [0.1, 0.15) is 11.3 Å². The summed E-state index contributed by atoms with van der Waals surface area (Å²) in [5.74, 6) is 0.798. The van der Waals surface area contributed by atoms with Crippen molar-refractivity contribution in [1.82, 2.24) is 18.8 Å². The summed E-state index contributed by atoms with van der Waals surface area (Å²) in [6, 6.07) is 11.0. The highest BCUT2D eigenvalue weighted by Crippen LogP contribution is 2.34. The summed E-state index contributed by atoms with van der Waals surface area (Å²) in [5.41, 5.74) is 1.71. The molecule has 0 aliphatic carbocycles. The highest BCUT2D eigenvalue weighted by Gasteiger charge is 2.35. The van der Waals surface area contributed by atoms with Crippen LogP contribution in [0.3, 0.4) is 0 Å². The van der Waals surface area contributed by atoms with Crippen LogP contribution in [0.15, 0.2) is 64.2 Å². The lowest BCUT2D eigenvalue weighted by atomic mass is 10.2. The maximum absolute atomic E-state index is 13.6. The first-order valence-corrected chi connectivity index (χ1v) is 11.0. The van der Waals surface area contributed by atoms with Crippen LogP contribution in [0.1, 0.15) is 18.0 Å². The van der Waals surface area contributed by atoms with E-state index in [0.29, 0.717) is 35.8 Å². The molecule has 3 aromatic heterocycles. The molecule has 0 spiro atoms. The molecule has 0 N–H and O–H groups in total. The molecule has 0 saturated carbocycles. The Morgan fingerprint density at radius 1 is 1.20 bits per heavy atom. The fourth-order valence-corrected chi connectivity index (χ4v) is 5.50. The van der Waals surface area contributed by atoms with E-state index in [9.17, 15) is 12.8 Å². The number of pyridine rings is 1. The predicted molar refractivity (Wildman–Crippen MR) is 109 cm³/mol. The first kappa shape index (κ1) is 19.0. The molecule has 4 heterocycles. The lowest BCUT2D eigenvalue weighted by Crippen LogP contribution is -2.29. The molecule has 1 saturated heterocycles. The van der Waals surface area contributed by atoms with Crippen LogP contribution in [0.2, 0.25) is 0 Å². The van der Waals surface area contributed by atoms with E-state index in [2.05, 4.69) is 9.97 Å². The minimum atomic E-state index is -3.73. The second-order valence-electron chi connectivity index (χ2n) is 7.35. The monoisotopic (exact) mass is 426 g/mol. The van der Waals surface area contributed by atoms with Crippen LogP contribution in [-0.4, -0.2) is 40.3 Å². The van der Waals surface area contributed by atoms with Crippen LogP contribution in [0.5, 0.6) is 0 Å². The average Bonchev–Trinajstić information content (AvgIpc) is 3.48. The standard InChI is InChI=1S/C21H19FN4O3S/c1-14-12-16(6-7-17(14)22)30(27,28)25-10-8-15(13-25)26-20-18(4-2-9-23-20)24-21(26)19-5-3-11-29-19/h2-7,9,11-12,15H,8,10,13H2,1H3/t15-/m0/s1. The molecule has 1 aliphatic rings. The van der Waals surface area contributed by atoms with Crippen LogP contribution in [0.25, 0.3) is 22.7 Å². The maximum Gasteiger partial charge on any atom is 0.243 e. The number of hydrogen-bond donors (Lipinski definition) is 0. The number of sulfonamides is 1. The van der Waals surface area contributed by atoms with Crippen molar-refractivity contribution < 1.29 is 17.2 Å². The van der Waals surface area contributed by atoms with Gasteiger partial charge in [0.15, 0.2) is 17.2 Å². The van der Waals surface area contributed by atoms with Gasteiger partial charge < -0.3 is 8.98 Å². The van der Waals surface area contributed by atoms with Gasteiger partial charge in [-0.25, -0.2) is 22.8 Å². The lowest BCUT2D eigenvalue weighted by molar-refractivity contribution is 0.453. The van der Waals surface area contributed by atoms with Gasteiger partial charge in [-0.05, 0) is 61.4 Å². The van der Waals surface area contributed by atoms with Gasteiger partial charge in [-0.2, -0.15) is 4.31 Å². The van der Waals surface area contributed by atoms with Crippen LogP contribution in [0, 0.1) is 12.7 Å². The zero-order valence-corrected chi connectivity index (χ0v) is 17.0. The van der Waals surface area contributed by atoms with Gasteiger partial charge in [0.05, 0.1) is 17.2 Å². The molecule has 5 rings (SSSR count). The molecule has 154 valence electrons. The predicted octanol–water partition coefficient (Wildman–Crippen LogP) is 3.77. The summed E-state index contributed by atoms with van der Waals surface area (Å²) in [6.07, 6.45) is 3.88. The van der Waals surface area contributed by atoms with E-state index in [1.165, 1.54) is 22.5 Å². The van der Waals surface area contributed by atoms with Crippen LogP contribution in [0.4, 0.5) is 4.39 Å². The third-order valence-electron chi connectivity index (χ3n) is 5.45. The Kier molecular flexibility index (Phi) is 4.44. The summed E-state index contributed by atoms with van der Waals surface area (Å²) >= 11 is 0. The fraction of sp³-hybridized carbons (Fsp3) is 0.238. The van der Waals surface area contributed by atoms with Gasteiger partial charge in [-0.15, -0.1) is 0 Å². The van der Waals surface area contributed by atoms with Crippen molar-refractivity contribution in [1.29, 1.82) is 0 Å². The second-order valence-corrected chi connectivity index (χ2v) is 9.28. The molecule has 30 heavy (non-hydrogen) atoms. The van der Waals surface area contributed by atoms with Crippen LogP contribution in [-0.2, 0) is 10.0 Å². The molecule has 9 heteroatoms. The van der Waals surface area contributed by atoms with Crippen molar-refractivity contribution in [2.24, 2.45) is 0 Å². The number of aromatic nitrogens is 3. The third kappa shape index (κ3) is 3.01. The summed E-state index contributed by atoms with van der Waals surface area (Å²) in [6.45, 7) is 2.18. The smallest absolute Gasteiger partial charge is 0.243 e. The second kappa shape index (κ2) is 7.03. The average molecular weight is 426 g/mol. The number of benzene rings is 1. The third-order valence-corrected chi connectivity index (χ3v) is 7.31. The molecule has 0 amide bonds. The zero-order chi connectivity index (χ0) is 20.9. The number of nitrogens with zero attached hydrogens (tertiary/aromatic N) is 4. The first-order chi connectivity index (χ1) is 14.4. The van der Waals surface area contributed by atoms with E-state index in [-0.39, 0.29) is 17.5 Å². The van der Waals surface area contributed by atoms with E-state index < -0.39 is 15.8 Å². The number of imidazole rings is 1. The molecule has 1 aromatic carbocycles. The van der Waals surface area contributed by atoms with E-state index >= 15 is 0 Å². The topological polar surface area (TPSA) is 81.2 Å². The van der Waals surface area contributed by atoms with E-state index in [1.807, 2.05) is 22.8 Å². The molecule has 0 bridgehead atoms. The zero-order valence-electron chi connectivity index (χ0n) is 16.2. The first-order valence-electron chi connectivity index (χ1n) is 9.58. The lowest BCUT2D eigenvalue weighted by Gasteiger charge is -2.18. The maximum atomic E-state index is 13.6. The molecule has 4 aromatic rings. The molecular formula is C21H19FN4O3S. The van der Waals surface area contributed by atoms with Crippen molar-refractivity contribution in [3.8, 4) is 11.6 Å². The number of fused-ring (bicyclic) bond motifs is 1. The van der Waals surface area contributed by atoms with Gasteiger partial charge in [-0.1, -0.05) is 0 Å². The summed E-state index contributed by atoms with van der Waals surface area (Å²) in [4.78, 5) is 9.23. The van der Waals surface area contributed by atoms with Gasteiger partial charge >= 0.3 is 0 Å². The Hall–Kier alpha value is -3.04. The quantitative estimate of drug-likeness (QED) is 0.496. The number of furan rings is 1. The number of halogens is 1. The van der Waals surface area contributed by atoms with Gasteiger partial charge in [0.2, 0.25) is 10.0 Å². The van der Waals surface area contributed by atoms with Gasteiger partial charge in [0.25, 0.3) is 0 Å². The van der Waals surface area contributed by atoms with E-state index in [1.54, 1.807) is 25.5 Å². The summed E-state index contributed by atoms with van der Waals surface area (Å²) in [5, 5.41) is 0. The van der Waals surface area contributed by atoms with E-state index in [0.717, 1.165) is 5.52 Å². The minimum absolute atomic E-state index is 0.0990. The fourth-order valence-electron chi connectivity index (χ4n) is 3.92. The molecule has 1 aliphatic heterocycles. The van der Waals surface area contributed by atoms with Crippen molar-refractivity contribution in [3.05, 3.63) is 66.3 Å². The number of rotatable bonds is 4. The van der Waals surface area contributed by atoms with Gasteiger partial charge in [-0.3, -0.25) is 0 Å². The highest BCUT2D eigenvalue weighted by molar-refractivity contribution is 7.89. The normalized spacial score (nSPS) is 17.7. The summed E-state index contributed by atoms with van der Waals surface area (Å²) in [7, 11) is -3.73. The largest absolute Gasteiger partial charge is 0.461 e. The molecule has 0 radical (unpaired) electrons. The van der Waals surface area contributed by atoms with Crippen LogP contribution >= 0.6 is 0 Å². The van der Waals surface area contributed by atoms with Crippen LogP contribution < -0.4 is 0 Å². The Bertz CT molecular complexity index is 1330. The van der Waals surface area contributed by atoms with Crippen molar-refractivity contribution in [2.45, 2.75) is 24.3 Å². The summed E-state index contributed by atoms with van der Waals surface area (Å²) < 4.78 is 48.8. The Morgan fingerprint density at radius 3 is 2.83 bits per heavy atom. The molecule has 0 unspecified atom stereocenters. The Morgan fingerprint density at radius 2 is 2.07 bits per heavy atom. The van der Waals surface area contributed by atoms with Gasteiger partial charge in [0, 0.05) is 19.3 Å². The molecule has 1 atom stereocenters. The SMILES string of the molecule is Cc1cc(S(=O)(=O)N2CC[C@H](n3c(-c4ccco4)nc4cccnc43)C2)ccc1F. The Labute approximate surface area is 172 Å². The molecule has 7 nitrogen and oxygen atoms in total. The number of hydrogen-bond acceptors (Lipinski definition) is 5. The Balaban J connectivity index is 1.53. The van der Waals surface area contributed by atoms with Crippen molar-refractivity contribution in [3.63, 3.8) is 0 Å². The van der Waals surface area contributed by atoms with E-state index in [4.69, 9.17) is 4.42 Å². The van der Waals surface area contributed by atoms with Crippen molar-refractivity contribution in [2.75, 3.05) is 13.1 Å². The molecular weight excluding hydrogens is 407 g/mol. The highest BCUT2D eigenvalue weighted by atomic mass is 32.2. The number of aryl methyl sites for hydroxylation is 1. The molecule has 1 fully saturated rings. The van der Waals surface area contributed by atoms with Crippen molar-refractivity contribution >= 4 is 21.2 Å². The minimum Gasteiger partial charge on any atom is -0.461 e.